The van der Waals surface area contributed by atoms with Crippen LogP contribution in [-0.2, 0) is 4.74 Å². The number of nitrogens with zero attached hydrogens (tertiary/aromatic N) is 4. The SMILES string of the molecule is O=[N+]([O-])Nc1ccccc1N=NN1CCOCC1. The van der Waals surface area contributed by atoms with Crippen LogP contribution in [0.3, 0.4) is 0 Å². The van der Waals surface area contributed by atoms with Crippen molar-refractivity contribution in [1.82, 2.24) is 5.01 Å². The molecule has 0 atom stereocenters. The molecular weight excluding hydrogens is 238 g/mol. The first-order chi connectivity index (χ1) is 8.75. The lowest BCUT2D eigenvalue weighted by molar-refractivity contribution is -0.445. The van der Waals surface area contributed by atoms with Crippen LogP contribution in [0.15, 0.2) is 34.6 Å². The molecule has 1 aliphatic rings. The normalized spacial score (nSPS) is 15.9. The topological polar surface area (TPSA) is 92.4 Å². The molecule has 1 N–H and O–H groups in total. The minimum atomic E-state index is -0.622. The van der Waals surface area contributed by atoms with Gasteiger partial charge in [0.2, 0.25) is 0 Å². The molecule has 0 unspecified atom stereocenters. The molecule has 0 aliphatic carbocycles. The maximum absolute atomic E-state index is 10.4. The Labute approximate surface area is 103 Å². The number of nitro groups is 1. The average molecular weight is 251 g/mol. The number of rotatable bonds is 4. The van der Waals surface area contributed by atoms with E-state index in [0.29, 0.717) is 37.7 Å². The molecule has 0 amide bonds. The first-order valence-electron chi connectivity index (χ1n) is 5.50. The fourth-order valence-electron chi connectivity index (χ4n) is 1.51. The van der Waals surface area contributed by atoms with Gasteiger partial charge in [-0.3, -0.25) is 5.01 Å². The molecule has 2 rings (SSSR count). The number of ether oxygens (including phenoxy) is 1. The van der Waals surface area contributed by atoms with Crippen molar-refractivity contribution in [2.24, 2.45) is 10.3 Å². The van der Waals surface area contributed by atoms with Crippen molar-refractivity contribution in [2.75, 3.05) is 31.7 Å². The zero-order valence-corrected chi connectivity index (χ0v) is 9.65. The highest BCUT2D eigenvalue weighted by Crippen LogP contribution is 2.24. The van der Waals surface area contributed by atoms with E-state index in [4.69, 9.17) is 4.74 Å². The third-order valence-electron chi connectivity index (χ3n) is 2.38. The lowest BCUT2D eigenvalue weighted by atomic mass is 10.3. The molecule has 18 heavy (non-hydrogen) atoms. The van der Waals surface area contributed by atoms with Gasteiger partial charge in [0.05, 0.1) is 26.3 Å². The molecule has 0 saturated carbocycles. The van der Waals surface area contributed by atoms with Gasteiger partial charge in [0.25, 0.3) is 0 Å². The Morgan fingerprint density at radius 2 is 2.06 bits per heavy atom. The van der Waals surface area contributed by atoms with Crippen LogP contribution in [-0.4, -0.2) is 36.3 Å². The van der Waals surface area contributed by atoms with E-state index in [9.17, 15) is 10.1 Å². The van der Waals surface area contributed by atoms with Gasteiger partial charge in [-0.2, -0.15) is 0 Å². The van der Waals surface area contributed by atoms with Crippen LogP contribution < -0.4 is 5.43 Å². The molecule has 0 aromatic heterocycles. The van der Waals surface area contributed by atoms with Crippen molar-refractivity contribution < 1.29 is 9.77 Å². The number of nitrogens with one attached hydrogen (secondary N) is 1. The third kappa shape index (κ3) is 3.39. The third-order valence-corrected chi connectivity index (χ3v) is 2.38. The van der Waals surface area contributed by atoms with Gasteiger partial charge in [0.15, 0.2) is 5.03 Å². The molecule has 1 saturated heterocycles. The fourth-order valence-corrected chi connectivity index (χ4v) is 1.51. The molecule has 0 radical (unpaired) electrons. The van der Waals surface area contributed by atoms with Crippen molar-refractivity contribution in [2.45, 2.75) is 0 Å². The monoisotopic (exact) mass is 251 g/mol. The summed E-state index contributed by atoms with van der Waals surface area (Å²) in [5, 5.41) is 19.6. The number of hydrogen-bond acceptors (Lipinski definition) is 5. The summed E-state index contributed by atoms with van der Waals surface area (Å²) >= 11 is 0. The van der Waals surface area contributed by atoms with Gasteiger partial charge >= 0.3 is 0 Å². The van der Waals surface area contributed by atoms with Crippen molar-refractivity contribution in [3.8, 4) is 0 Å². The minimum Gasteiger partial charge on any atom is -0.378 e. The first kappa shape index (κ1) is 12.2. The Bertz CT molecular complexity index is 445. The predicted molar refractivity (Wildman–Crippen MR) is 64.0 cm³/mol. The highest BCUT2D eigenvalue weighted by molar-refractivity contribution is 5.63. The molecular formula is C10H13N5O3. The van der Waals surface area contributed by atoms with Crippen molar-refractivity contribution >= 4 is 11.4 Å². The Morgan fingerprint density at radius 3 is 2.78 bits per heavy atom. The second kappa shape index (κ2) is 5.92. The Balaban J connectivity index is 2.07. The van der Waals surface area contributed by atoms with Gasteiger partial charge in [-0.05, 0) is 12.1 Å². The van der Waals surface area contributed by atoms with E-state index in [1.54, 1.807) is 29.3 Å². The first-order valence-corrected chi connectivity index (χ1v) is 5.50. The van der Waals surface area contributed by atoms with E-state index >= 15 is 0 Å². The van der Waals surface area contributed by atoms with Crippen LogP contribution in [0, 0.1) is 10.1 Å². The molecule has 1 aliphatic heterocycles. The number of para-hydroxylation sites is 1. The number of morpholine rings is 1. The predicted octanol–water partition coefficient (Wildman–Crippen LogP) is 1.62. The molecule has 1 aromatic carbocycles. The number of benzene rings is 1. The largest absolute Gasteiger partial charge is 0.378 e. The summed E-state index contributed by atoms with van der Waals surface area (Å²) in [6, 6.07) is 6.69. The highest BCUT2D eigenvalue weighted by atomic mass is 16.7. The van der Waals surface area contributed by atoms with Crippen molar-refractivity contribution in [3.63, 3.8) is 0 Å². The number of hydrogen-bond donors (Lipinski definition) is 1. The van der Waals surface area contributed by atoms with Gasteiger partial charge in [0, 0.05) is 0 Å². The van der Waals surface area contributed by atoms with Crippen LogP contribution >= 0.6 is 0 Å². The quantitative estimate of drug-likeness (QED) is 0.498. The summed E-state index contributed by atoms with van der Waals surface area (Å²) in [6.07, 6.45) is 0. The van der Waals surface area contributed by atoms with Crippen LogP contribution in [0.2, 0.25) is 0 Å². The molecule has 96 valence electrons. The van der Waals surface area contributed by atoms with Crippen LogP contribution in [0.5, 0.6) is 0 Å². The van der Waals surface area contributed by atoms with Crippen molar-refractivity contribution in [1.29, 1.82) is 0 Å². The zero-order chi connectivity index (χ0) is 12.8. The zero-order valence-electron chi connectivity index (χ0n) is 9.65. The van der Waals surface area contributed by atoms with Crippen molar-refractivity contribution in [3.05, 3.63) is 34.4 Å². The van der Waals surface area contributed by atoms with Gasteiger partial charge in [-0.25, -0.2) is 10.1 Å². The Hall–Kier alpha value is -2.22. The molecule has 0 spiro atoms. The van der Waals surface area contributed by atoms with Gasteiger partial charge < -0.3 is 4.74 Å². The maximum Gasteiger partial charge on any atom is 0.162 e. The van der Waals surface area contributed by atoms with E-state index in [1.807, 2.05) is 0 Å². The number of hydrazine groups is 1. The highest BCUT2D eigenvalue weighted by Gasteiger charge is 2.09. The minimum absolute atomic E-state index is 0.319. The second-order valence-electron chi connectivity index (χ2n) is 3.64. The molecule has 8 nitrogen and oxygen atoms in total. The van der Waals surface area contributed by atoms with E-state index in [0.717, 1.165) is 0 Å². The van der Waals surface area contributed by atoms with E-state index in [-0.39, 0.29) is 0 Å². The average Bonchev–Trinajstić information content (AvgIpc) is 2.38. The summed E-state index contributed by atoms with van der Waals surface area (Å²) in [5.74, 6) is 0. The van der Waals surface area contributed by atoms with Gasteiger partial charge in [-0.1, -0.05) is 17.4 Å². The fraction of sp³-hybridized carbons (Fsp3) is 0.400. The molecule has 8 heteroatoms. The summed E-state index contributed by atoms with van der Waals surface area (Å²) in [7, 11) is 0. The summed E-state index contributed by atoms with van der Waals surface area (Å²) in [6.45, 7) is 2.59. The standard InChI is InChI=1S/C10H13N5O3/c16-15(17)12-10-4-2-1-3-9(10)11-13-14-5-7-18-8-6-14/h1-4,12H,5-8H2. The summed E-state index contributed by atoms with van der Waals surface area (Å²) < 4.78 is 5.18. The van der Waals surface area contributed by atoms with E-state index in [2.05, 4.69) is 15.8 Å². The molecule has 1 heterocycles. The second-order valence-corrected chi connectivity index (χ2v) is 3.64. The molecule has 1 aromatic rings. The lowest BCUT2D eigenvalue weighted by Gasteiger charge is -2.22. The van der Waals surface area contributed by atoms with E-state index in [1.165, 1.54) is 0 Å². The Kier molecular flexibility index (Phi) is 4.02. The molecule has 0 bridgehead atoms. The lowest BCUT2D eigenvalue weighted by Crippen LogP contribution is -2.31. The number of anilines is 1. The van der Waals surface area contributed by atoms with Gasteiger partial charge in [0.1, 0.15) is 11.4 Å². The maximum atomic E-state index is 10.4. The van der Waals surface area contributed by atoms with Crippen LogP contribution in [0.1, 0.15) is 0 Å². The Morgan fingerprint density at radius 1 is 1.33 bits per heavy atom. The summed E-state index contributed by atoms with van der Waals surface area (Å²) in [5.41, 5.74) is 2.84. The summed E-state index contributed by atoms with van der Waals surface area (Å²) in [4.78, 5) is 10.4. The van der Waals surface area contributed by atoms with Crippen LogP contribution in [0.25, 0.3) is 0 Å². The van der Waals surface area contributed by atoms with Gasteiger partial charge in [-0.15, -0.1) is 10.5 Å². The molecule has 1 fully saturated rings. The van der Waals surface area contributed by atoms with Crippen LogP contribution in [0.4, 0.5) is 11.4 Å². The van der Waals surface area contributed by atoms with E-state index < -0.39 is 5.03 Å². The smallest absolute Gasteiger partial charge is 0.162 e.